The summed E-state index contributed by atoms with van der Waals surface area (Å²) in [6, 6.07) is 17.6. The van der Waals surface area contributed by atoms with Crippen molar-refractivity contribution in [1.29, 1.82) is 0 Å². The predicted octanol–water partition coefficient (Wildman–Crippen LogP) is 4.04. The second kappa shape index (κ2) is 8.70. The van der Waals surface area contributed by atoms with E-state index in [-0.39, 0.29) is 6.03 Å². The molecule has 0 saturated heterocycles. The molecule has 2 rings (SSSR count). The molecule has 2 amide bonds. The summed E-state index contributed by atoms with van der Waals surface area (Å²) in [6.45, 7) is 2.07. The lowest BCUT2D eigenvalue weighted by molar-refractivity contribution is 0.202. The van der Waals surface area contributed by atoms with Gasteiger partial charge in [0.25, 0.3) is 0 Å². The molecule has 0 fully saturated rings. The maximum atomic E-state index is 12.7. The van der Waals surface area contributed by atoms with E-state index in [0.29, 0.717) is 13.1 Å². The molecule has 0 saturated carbocycles. The van der Waals surface area contributed by atoms with E-state index in [9.17, 15) is 4.79 Å². The van der Waals surface area contributed by atoms with E-state index < -0.39 is 0 Å². The van der Waals surface area contributed by atoms with E-state index in [1.165, 1.54) is 0 Å². The zero-order valence-corrected chi connectivity index (χ0v) is 15.1. The van der Waals surface area contributed by atoms with Gasteiger partial charge in [-0.1, -0.05) is 42.5 Å². The molecule has 2 aromatic rings. The summed E-state index contributed by atoms with van der Waals surface area (Å²) in [7, 11) is 4.01. The van der Waals surface area contributed by atoms with Gasteiger partial charge < -0.3 is 15.1 Å². The van der Waals surface area contributed by atoms with E-state index in [1.807, 2.05) is 73.6 Å². The first kappa shape index (κ1) is 17.5. The number of amides is 2. The third kappa shape index (κ3) is 5.69. The molecular formula is C18H22BrN3O. The normalized spacial score (nSPS) is 10.6. The molecule has 0 aromatic heterocycles. The van der Waals surface area contributed by atoms with Crippen molar-refractivity contribution in [1.82, 2.24) is 9.80 Å². The number of nitrogens with one attached hydrogen (secondary N) is 1. The largest absolute Gasteiger partial charge is 0.322 e. The monoisotopic (exact) mass is 375 g/mol. The lowest BCUT2D eigenvalue weighted by Gasteiger charge is -2.25. The molecule has 1 N–H and O–H groups in total. The van der Waals surface area contributed by atoms with Crippen molar-refractivity contribution >= 4 is 27.6 Å². The highest BCUT2D eigenvalue weighted by Crippen LogP contribution is 2.21. The smallest absolute Gasteiger partial charge is 0.319 e. The summed E-state index contributed by atoms with van der Waals surface area (Å²) in [4.78, 5) is 16.6. The van der Waals surface area contributed by atoms with Crippen molar-refractivity contribution < 1.29 is 4.79 Å². The van der Waals surface area contributed by atoms with Crippen LogP contribution in [0.3, 0.4) is 0 Å². The molecule has 0 aliphatic rings. The minimum Gasteiger partial charge on any atom is -0.319 e. The van der Waals surface area contributed by atoms with Crippen LogP contribution in [0.4, 0.5) is 10.5 Å². The van der Waals surface area contributed by atoms with Crippen molar-refractivity contribution in [3.63, 3.8) is 0 Å². The maximum absolute atomic E-state index is 12.7. The first-order chi connectivity index (χ1) is 11.1. The van der Waals surface area contributed by atoms with Gasteiger partial charge in [0.2, 0.25) is 0 Å². The van der Waals surface area contributed by atoms with Gasteiger partial charge in [-0.2, -0.15) is 0 Å². The maximum Gasteiger partial charge on any atom is 0.322 e. The number of urea groups is 1. The molecule has 0 atom stereocenters. The van der Waals surface area contributed by atoms with Gasteiger partial charge >= 0.3 is 6.03 Å². The number of hydrogen-bond acceptors (Lipinski definition) is 2. The van der Waals surface area contributed by atoms with Gasteiger partial charge in [0.05, 0.1) is 5.69 Å². The van der Waals surface area contributed by atoms with Crippen LogP contribution < -0.4 is 5.32 Å². The van der Waals surface area contributed by atoms with E-state index >= 15 is 0 Å². The minimum absolute atomic E-state index is 0.0948. The van der Waals surface area contributed by atoms with Crippen LogP contribution in [0.15, 0.2) is 59.1 Å². The minimum atomic E-state index is -0.0948. The third-order valence-corrected chi connectivity index (χ3v) is 4.13. The highest BCUT2D eigenvalue weighted by Gasteiger charge is 2.15. The van der Waals surface area contributed by atoms with Crippen LogP contribution in [0, 0.1) is 0 Å². The summed E-state index contributed by atoms with van der Waals surface area (Å²) < 4.78 is 0.876. The Balaban J connectivity index is 2.09. The number of rotatable bonds is 6. The number of benzene rings is 2. The van der Waals surface area contributed by atoms with Crippen LogP contribution in [0.2, 0.25) is 0 Å². The van der Waals surface area contributed by atoms with Crippen molar-refractivity contribution in [2.45, 2.75) is 6.54 Å². The van der Waals surface area contributed by atoms with Gasteiger partial charge in [-0.15, -0.1) is 0 Å². The number of halogens is 1. The fourth-order valence-electron chi connectivity index (χ4n) is 2.13. The number of likely N-dealkylation sites (N-methyl/N-ethyl adjacent to an activating group) is 1. The summed E-state index contributed by atoms with van der Waals surface area (Å²) in [5.41, 5.74) is 1.90. The highest BCUT2D eigenvalue weighted by molar-refractivity contribution is 9.10. The van der Waals surface area contributed by atoms with Gasteiger partial charge in [0.15, 0.2) is 0 Å². The fourth-order valence-corrected chi connectivity index (χ4v) is 2.52. The topological polar surface area (TPSA) is 35.6 Å². The number of para-hydroxylation sites is 1. The third-order valence-electron chi connectivity index (χ3n) is 3.44. The number of carbonyl (C=O) groups excluding carboxylic acids is 1. The molecule has 0 aliphatic carbocycles. The van der Waals surface area contributed by atoms with Gasteiger partial charge in [0, 0.05) is 24.1 Å². The van der Waals surface area contributed by atoms with Crippen molar-refractivity contribution in [2.75, 3.05) is 32.5 Å². The van der Waals surface area contributed by atoms with Crippen molar-refractivity contribution in [3.05, 3.63) is 64.6 Å². The summed E-state index contributed by atoms with van der Waals surface area (Å²) >= 11 is 3.46. The Morgan fingerprint density at radius 3 is 2.30 bits per heavy atom. The molecule has 0 aliphatic heterocycles. The molecule has 0 spiro atoms. The van der Waals surface area contributed by atoms with Crippen molar-refractivity contribution in [2.24, 2.45) is 0 Å². The van der Waals surface area contributed by atoms with Crippen LogP contribution in [0.1, 0.15) is 5.56 Å². The summed E-state index contributed by atoms with van der Waals surface area (Å²) in [6.07, 6.45) is 0. The number of anilines is 1. The van der Waals surface area contributed by atoms with E-state index in [0.717, 1.165) is 22.3 Å². The van der Waals surface area contributed by atoms with Gasteiger partial charge in [-0.25, -0.2) is 4.79 Å². The van der Waals surface area contributed by atoms with Crippen LogP contribution in [-0.2, 0) is 6.54 Å². The van der Waals surface area contributed by atoms with Gasteiger partial charge in [-0.3, -0.25) is 0 Å². The van der Waals surface area contributed by atoms with Crippen LogP contribution >= 0.6 is 15.9 Å². The molecule has 0 bridgehead atoms. The molecule has 5 heteroatoms. The second-order valence-corrected chi connectivity index (χ2v) is 6.47. The number of nitrogens with zero attached hydrogens (tertiary/aromatic N) is 2. The van der Waals surface area contributed by atoms with Crippen LogP contribution in [0.25, 0.3) is 0 Å². The lowest BCUT2D eigenvalue weighted by Crippen LogP contribution is -2.39. The molecule has 122 valence electrons. The Morgan fingerprint density at radius 2 is 1.65 bits per heavy atom. The molecule has 0 unspecified atom stereocenters. The van der Waals surface area contributed by atoms with E-state index in [1.54, 1.807) is 0 Å². The van der Waals surface area contributed by atoms with E-state index in [4.69, 9.17) is 0 Å². The standard InChI is InChI=1S/C18H22BrN3O/c1-21(2)12-13-22(14-15-8-4-3-5-9-15)18(23)20-17-11-7-6-10-16(17)19/h3-11H,12-14H2,1-2H3,(H,20,23). The average Bonchev–Trinajstić information content (AvgIpc) is 2.54. The van der Waals surface area contributed by atoms with Crippen LogP contribution in [-0.4, -0.2) is 43.0 Å². The van der Waals surface area contributed by atoms with Crippen molar-refractivity contribution in [3.8, 4) is 0 Å². The highest BCUT2D eigenvalue weighted by atomic mass is 79.9. The lowest BCUT2D eigenvalue weighted by atomic mass is 10.2. The summed E-state index contributed by atoms with van der Waals surface area (Å²) in [5.74, 6) is 0. The SMILES string of the molecule is CN(C)CCN(Cc1ccccc1)C(=O)Nc1ccccc1Br. The predicted molar refractivity (Wildman–Crippen MR) is 98.6 cm³/mol. The molecule has 4 nitrogen and oxygen atoms in total. The second-order valence-electron chi connectivity index (χ2n) is 5.62. The number of carbonyl (C=O) groups is 1. The fraction of sp³-hybridized carbons (Fsp3) is 0.278. The molecule has 2 aromatic carbocycles. The zero-order valence-electron chi connectivity index (χ0n) is 13.5. The molecule has 23 heavy (non-hydrogen) atoms. The first-order valence-electron chi connectivity index (χ1n) is 7.55. The Bertz CT molecular complexity index is 631. The molecule has 0 heterocycles. The quantitative estimate of drug-likeness (QED) is 0.826. The average molecular weight is 376 g/mol. The summed E-state index contributed by atoms with van der Waals surface area (Å²) in [5, 5.41) is 2.98. The zero-order chi connectivity index (χ0) is 16.7. The first-order valence-corrected chi connectivity index (χ1v) is 8.34. The van der Waals surface area contributed by atoms with Gasteiger partial charge in [0.1, 0.15) is 0 Å². The Labute approximate surface area is 146 Å². The van der Waals surface area contributed by atoms with Gasteiger partial charge in [-0.05, 0) is 47.7 Å². The molecule has 0 radical (unpaired) electrons. The Morgan fingerprint density at radius 1 is 1.00 bits per heavy atom. The Hall–Kier alpha value is -1.85. The van der Waals surface area contributed by atoms with Crippen LogP contribution in [0.5, 0.6) is 0 Å². The Kier molecular flexibility index (Phi) is 6.62. The molecular weight excluding hydrogens is 354 g/mol. The van der Waals surface area contributed by atoms with E-state index in [2.05, 4.69) is 26.1 Å². The number of hydrogen-bond donors (Lipinski definition) is 1.